The Morgan fingerprint density at radius 1 is 1.10 bits per heavy atom. The first-order valence-electron chi connectivity index (χ1n) is 9.56. The minimum atomic E-state index is -0.885. The minimum absolute atomic E-state index is 0.165. The van der Waals surface area contributed by atoms with E-state index in [-0.39, 0.29) is 17.5 Å². The van der Waals surface area contributed by atoms with Gasteiger partial charge in [-0.2, -0.15) is 0 Å². The summed E-state index contributed by atoms with van der Waals surface area (Å²) in [6.45, 7) is 0.645. The Morgan fingerprint density at radius 3 is 2.52 bits per heavy atom. The number of nitrogens with one attached hydrogen (secondary N) is 1. The molecule has 160 valence electrons. The van der Waals surface area contributed by atoms with E-state index in [1.54, 1.807) is 24.3 Å². The molecule has 4 rings (SSSR count). The SMILES string of the molecule is O=C(Nc1ccc(Cl)cc1)c1nnc([C@H]2CCCN(C(=O)c3c(F)cccc3F)C2)s1. The van der Waals surface area contributed by atoms with Crippen LogP contribution >= 0.6 is 22.9 Å². The van der Waals surface area contributed by atoms with Gasteiger partial charge in [0.15, 0.2) is 0 Å². The zero-order valence-electron chi connectivity index (χ0n) is 16.1. The van der Waals surface area contributed by atoms with E-state index in [0.717, 1.165) is 29.9 Å². The zero-order valence-corrected chi connectivity index (χ0v) is 17.7. The highest BCUT2D eigenvalue weighted by atomic mass is 35.5. The van der Waals surface area contributed by atoms with E-state index in [4.69, 9.17) is 11.6 Å². The molecule has 10 heteroatoms. The Balaban J connectivity index is 1.45. The third-order valence-corrected chi connectivity index (χ3v) is 6.31. The first kappa shape index (κ1) is 21.3. The molecule has 1 N–H and O–H groups in total. The largest absolute Gasteiger partial charge is 0.338 e. The number of benzene rings is 2. The van der Waals surface area contributed by atoms with Crippen molar-refractivity contribution >= 4 is 40.4 Å². The molecule has 0 radical (unpaired) electrons. The van der Waals surface area contributed by atoms with Crippen LogP contribution in [0.15, 0.2) is 42.5 Å². The van der Waals surface area contributed by atoms with Gasteiger partial charge in [-0.15, -0.1) is 10.2 Å². The summed E-state index contributed by atoms with van der Waals surface area (Å²) >= 11 is 6.98. The maximum absolute atomic E-state index is 14.0. The number of rotatable bonds is 4. The highest BCUT2D eigenvalue weighted by Gasteiger charge is 2.31. The van der Waals surface area contributed by atoms with Crippen molar-refractivity contribution in [1.82, 2.24) is 15.1 Å². The first-order chi connectivity index (χ1) is 14.9. The number of likely N-dealkylation sites (tertiary alicyclic amines) is 1. The molecule has 1 aliphatic rings. The van der Waals surface area contributed by atoms with Crippen LogP contribution in [0.3, 0.4) is 0 Å². The van der Waals surface area contributed by atoms with Gasteiger partial charge in [0.05, 0.1) is 0 Å². The molecule has 0 aliphatic carbocycles. The average Bonchev–Trinajstić information content (AvgIpc) is 3.26. The number of hydrogen-bond acceptors (Lipinski definition) is 5. The summed E-state index contributed by atoms with van der Waals surface area (Å²) in [6, 6.07) is 10.0. The van der Waals surface area contributed by atoms with Gasteiger partial charge in [-0.1, -0.05) is 29.0 Å². The van der Waals surface area contributed by atoms with Gasteiger partial charge in [0, 0.05) is 29.7 Å². The number of nitrogens with zero attached hydrogens (tertiary/aromatic N) is 3. The van der Waals surface area contributed by atoms with E-state index in [2.05, 4.69) is 15.5 Å². The zero-order chi connectivity index (χ0) is 22.0. The van der Waals surface area contributed by atoms with E-state index < -0.39 is 29.0 Å². The molecule has 1 fully saturated rings. The van der Waals surface area contributed by atoms with Crippen LogP contribution in [0.4, 0.5) is 14.5 Å². The van der Waals surface area contributed by atoms with E-state index >= 15 is 0 Å². The molecule has 3 aromatic rings. The fourth-order valence-corrected chi connectivity index (χ4v) is 4.42. The van der Waals surface area contributed by atoms with Crippen molar-refractivity contribution in [2.24, 2.45) is 0 Å². The van der Waals surface area contributed by atoms with Crippen molar-refractivity contribution in [3.63, 3.8) is 0 Å². The van der Waals surface area contributed by atoms with Gasteiger partial charge < -0.3 is 10.2 Å². The lowest BCUT2D eigenvalue weighted by molar-refractivity contribution is 0.0696. The smallest absolute Gasteiger partial charge is 0.286 e. The van der Waals surface area contributed by atoms with Gasteiger partial charge in [-0.3, -0.25) is 9.59 Å². The quantitative estimate of drug-likeness (QED) is 0.607. The molecule has 1 saturated heterocycles. The van der Waals surface area contributed by atoms with Crippen LogP contribution in [0, 0.1) is 11.6 Å². The van der Waals surface area contributed by atoms with E-state index in [9.17, 15) is 18.4 Å². The van der Waals surface area contributed by atoms with Crippen LogP contribution in [0.2, 0.25) is 5.02 Å². The van der Waals surface area contributed by atoms with Crippen LogP contribution < -0.4 is 5.32 Å². The molecule has 2 amide bonds. The average molecular weight is 463 g/mol. The molecule has 0 spiro atoms. The van der Waals surface area contributed by atoms with Gasteiger partial charge in [-0.25, -0.2) is 8.78 Å². The molecule has 1 aliphatic heterocycles. The topological polar surface area (TPSA) is 75.2 Å². The van der Waals surface area contributed by atoms with Gasteiger partial charge in [-0.05, 0) is 49.2 Å². The Kier molecular flexibility index (Phi) is 6.24. The molecule has 0 bridgehead atoms. The Morgan fingerprint density at radius 2 is 1.81 bits per heavy atom. The lowest BCUT2D eigenvalue weighted by Gasteiger charge is -2.31. The first-order valence-corrected chi connectivity index (χ1v) is 10.8. The number of piperidine rings is 1. The molecule has 6 nitrogen and oxygen atoms in total. The van der Waals surface area contributed by atoms with Gasteiger partial charge in [0.2, 0.25) is 5.01 Å². The number of anilines is 1. The third kappa shape index (κ3) is 4.72. The van der Waals surface area contributed by atoms with Crippen molar-refractivity contribution in [3.8, 4) is 0 Å². The van der Waals surface area contributed by atoms with Gasteiger partial charge in [0.25, 0.3) is 11.8 Å². The van der Waals surface area contributed by atoms with Crippen molar-refractivity contribution < 1.29 is 18.4 Å². The number of carbonyl (C=O) groups excluding carboxylic acids is 2. The highest BCUT2D eigenvalue weighted by molar-refractivity contribution is 7.13. The van der Waals surface area contributed by atoms with Crippen molar-refractivity contribution in [2.45, 2.75) is 18.8 Å². The molecule has 1 atom stereocenters. The van der Waals surface area contributed by atoms with Gasteiger partial charge >= 0.3 is 0 Å². The highest BCUT2D eigenvalue weighted by Crippen LogP contribution is 2.30. The molecule has 2 aromatic carbocycles. The Hall–Kier alpha value is -2.91. The summed E-state index contributed by atoms with van der Waals surface area (Å²) in [7, 11) is 0. The molecule has 31 heavy (non-hydrogen) atoms. The van der Waals surface area contributed by atoms with E-state index in [1.165, 1.54) is 11.0 Å². The molecular formula is C21H17ClF2N4O2S. The molecule has 0 saturated carbocycles. The maximum Gasteiger partial charge on any atom is 0.286 e. The molecule has 0 unspecified atom stereocenters. The number of hydrogen-bond donors (Lipinski definition) is 1. The normalized spacial score (nSPS) is 16.2. The fraction of sp³-hybridized carbons (Fsp3) is 0.238. The number of halogens is 3. The second kappa shape index (κ2) is 9.07. The summed E-state index contributed by atoms with van der Waals surface area (Å²) in [5.41, 5.74) is 0.0240. The number of amides is 2. The monoisotopic (exact) mass is 462 g/mol. The molecule has 2 heterocycles. The van der Waals surface area contributed by atoms with Crippen LogP contribution in [-0.2, 0) is 0 Å². The standard InChI is InChI=1S/C21H17ClF2N4O2S/c22-13-6-8-14(9-7-13)25-18(29)20-27-26-19(31-20)12-3-2-10-28(11-12)21(30)17-15(23)4-1-5-16(17)24/h1,4-9,12H,2-3,10-11H2,(H,25,29)/t12-/m0/s1. The van der Waals surface area contributed by atoms with Crippen molar-refractivity contribution in [2.75, 3.05) is 18.4 Å². The minimum Gasteiger partial charge on any atom is -0.338 e. The number of carbonyl (C=O) groups is 2. The predicted molar refractivity (Wildman–Crippen MR) is 114 cm³/mol. The van der Waals surface area contributed by atoms with Crippen LogP contribution in [-0.4, -0.2) is 40.0 Å². The van der Waals surface area contributed by atoms with Crippen molar-refractivity contribution in [1.29, 1.82) is 0 Å². The Bertz CT molecular complexity index is 1100. The van der Waals surface area contributed by atoms with Crippen LogP contribution in [0.1, 0.15) is 43.9 Å². The Labute approximate surface area is 185 Å². The number of aromatic nitrogens is 2. The summed E-state index contributed by atoms with van der Waals surface area (Å²) in [4.78, 5) is 26.6. The lowest BCUT2D eigenvalue weighted by atomic mass is 9.98. The molecule has 1 aromatic heterocycles. The summed E-state index contributed by atoms with van der Waals surface area (Å²) < 4.78 is 28.0. The van der Waals surface area contributed by atoms with Crippen LogP contribution in [0.5, 0.6) is 0 Å². The molecular weight excluding hydrogens is 446 g/mol. The third-order valence-electron chi connectivity index (χ3n) is 4.97. The second-order valence-corrected chi connectivity index (χ2v) is 8.54. The second-order valence-electron chi connectivity index (χ2n) is 7.09. The van der Waals surface area contributed by atoms with Crippen LogP contribution in [0.25, 0.3) is 0 Å². The summed E-state index contributed by atoms with van der Waals surface area (Å²) in [6.07, 6.45) is 1.38. The fourth-order valence-electron chi connectivity index (χ4n) is 3.43. The lowest BCUT2D eigenvalue weighted by Crippen LogP contribution is -2.39. The predicted octanol–water partition coefficient (Wildman–Crippen LogP) is 4.74. The van der Waals surface area contributed by atoms with E-state index in [1.807, 2.05) is 0 Å². The maximum atomic E-state index is 14.0. The summed E-state index contributed by atoms with van der Waals surface area (Å²) in [5, 5.41) is 12.2. The summed E-state index contributed by atoms with van der Waals surface area (Å²) in [5.74, 6) is -3.02. The van der Waals surface area contributed by atoms with Crippen molar-refractivity contribution in [3.05, 3.63) is 74.7 Å². The van der Waals surface area contributed by atoms with E-state index in [0.29, 0.717) is 28.7 Å². The van der Waals surface area contributed by atoms with Gasteiger partial charge in [0.1, 0.15) is 22.2 Å².